The zero-order chi connectivity index (χ0) is 14.4. The highest BCUT2D eigenvalue weighted by molar-refractivity contribution is 6.28. The van der Waals surface area contributed by atoms with E-state index in [4.69, 9.17) is 16.7 Å². The van der Waals surface area contributed by atoms with E-state index in [1.165, 1.54) is 17.1 Å². The summed E-state index contributed by atoms with van der Waals surface area (Å²) in [4.78, 5) is 23.1. The lowest BCUT2D eigenvalue weighted by molar-refractivity contribution is 0.0691. The zero-order valence-electron chi connectivity index (χ0n) is 10.7. The summed E-state index contributed by atoms with van der Waals surface area (Å²) in [5.41, 5.74) is 2.40. The molecule has 0 unspecified atom stereocenters. The molecule has 8 heteroatoms. The normalized spacial score (nSPS) is 11.2. The maximum absolute atomic E-state index is 10.9. The fourth-order valence-corrected chi connectivity index (χ4v) is 2.23. The first-order valence-electron chi connectivity index (χ1n) is 5.74. The summed E-state index contributed by atoms with van der Waals surface area (Å²) >= 11 is 5.92. The number of rotatable bonds is 2. The van der Waals surface area contributed by atoms with Crippen molar-refractivity contribution in [1.82, 2.24) is 24.1 Å². The van der Waals surface area contributed by atoms with Gasteiger partial charge in [0.15, 0.2) is 11.5 Å². The third kappa shape index (κ3) is 1.83. The Hall–Kier alpha value is -2.41. The first kappa shape index (κ1) is 12.6. The van der Waals surface area contributed by atoms with Gasteiger partial charge in [-0.1, -0.05) is 0 Å². The second kappa shape index (κ2) is 4.31. The van der Waals surface area contributed by atoms with Crippen LogP contribution in [0, 0.1) is 6.92 Å². The van der Waals surface area contributed by atoms with E-state index in [0.717, 1.165) is 11.2 Å². The topological polar surface area (TPSA) is 85.8 Å². The van der Waals surface area contributed by atoms with Crippen LogP contribution in [0.15, 0.2) is 18.6 Å². The highest BCUT2D eigenvalue weighted by Crippen LogP contribution is 2.24. The highest BCUT2D eigenvalue weighted by Gasteiger charge is 2.15. The predicted molar refractivity (Wildman–Crippen MR) is 72.3 cm³/mol. The molecule has 102 valence electrons. The van der Waals surface area contributed by atoms with Gasteiger partial charge in [-0.25, -0.2) is 14.8 Å². The predicted octanol–water partition coefficient (Wildman–Crippen LogP) is 1.81. The van der Waals surface area contributed by atoms with Gasteiger partial charge in [-0.3, -0.25) is 4.57 Å². The maximum Gasteiger partial charge on any atom is 0.356 e. The van der Waals surface area contributed by atoms with Crippen LogP contribution in [0.4, 0.5) is 0 Å². The minimum absolute atomic E-state index is 0.0567. The number of aromatic carboxylic acids is 1. The molecule has 0 aliphatic heterocycles. The Balaban J connectivity index is 2.31. The van der Waals surface area contributed by atoms with Gasteiger partial charge in [-0.2, -0.15) is 4.98 Å². The molecule has 0 spiro atoms. The van der Waals surface area contributed by atoms with E-state index >= 15 is 0 Å². The summed E-state index contributed by atoms with van der Waals surface area (Å²) in [7, 11) is 1.88. The monoisotopic (exact) mass is 291 g/mol. The third-order valence-corrected chi connectivity index (χ3v) is 3.29. The van der Waals surface area contributed by atoms with E-state index in [1.54, 1.807) is 0 Å². The van der Waals surface area contributed by atoms with Gasteiger partial charge in [0, 0.05) is 18.9 Å². The second-order valence-electron chi connectivity index (χ2n) is 4.37. The number of fused-ring (bicyclic) bond motifs is 1. The average molecular weight is 292 g/mol. The van der Waals surface area contributed by atoms with Crippen molar-refractivity contribution in [3.05, 3.63) is 35.3 Å². The fourth-order valence-electron chi connectivity index (χ4n) is 2.05. The van der Waals surface area contributed by atoms with Crippen molar-refractivity contribution in [3.63, 3.8) is 0 Å². The van der Waals surface area contributed by atoms with Crippen molar-refractivity contribution in [2.24, 2.45) is 7.05 Å². The largest absolute Gasteiger partial charge is 0.476 e. The number of carbonyl (C=O) groups is 1. The molecule has 3 rings (SSSR count). The van der Waals surface area contributed by atoms with Crippen molar-refractivity contribution in [1.29, 1.82) is 0 Å². The second-order valence-corrected chi connectivity index (χ2v) is 4.70. The number of hydrogen-bond donors (Lipinski definition) is 1. The van der Waals surface area contributed by atoms with E-state index in [2.05, 4.69) is 15.0 Å². The Kier molecular flexibility index (Phi) is 2.72. The summed E-state index contributed by atoms with van der Waals surface area (Å²) in [6.07, 6.45) is 2.78. The summed E-state index contributed by atoms with van der Waals surface area (Å²) in [6, 6.07) is 1.89. The number of carboxylic acids is 1. The minimum atomic E-state index is -1.09. The molecule has 0 aliphatic carbocycles. The number of halogens is 1. The van der Waals surface area contributed by atoms with Gasteiger partial charge < -0.3 is 9.67 Å². The summed E-state index contributed by atoms with van der Waals surface area (Å²) in [5, 5.41) is 9.03. The van der Waals surface area contributed by atoms with E-state index in [1.807, 2.05) is 24.6 Å². The van der Waals surface area contributed by atoms with Gasteiger partial charge in [-0.05, 0) is 24.6 Å². The number of carboxylic acid groups (broad SMARTS) is 1. The van der Waals surface area contributed by atoms with Crippen LogP contribution in [0.5, 0.6) is 0 Å². The van der Waals surface area contributed by atoms with Gasteiger partial charge in [-0.15, -0.1) is 0 Å². The van der Waals surface area contributed by atoms with Crippen LogP contribution in [0.1, 0.15) is 16.2 Å². The fraction of sp³-hybridized carbons (Fsp3) is 0.167. The quantitative estimate of drug-likeness (QED) is 0.728. The molecule has 0 saturated heterocycles. The van der Waals surface area contributed by atoms with Crippen LogP contribution in [-0.4, -0.2) is 35.2 Å². The van der Waals surface area contributed by atoms with Crippen LogP contribution >= 0.6 is 11.6 Å². The smallest absolute Gasteiger partial charge is 0.356 e. The zero-order valence-corrected chi connectivity index (χ0v) is 11.5. The van der Waals surface area contributed by atoms with Gasteiger partial charge >= 0.3 is 5.97 Å². The number of nitrogens with zero attached hydrogens (tertiary/aromatic N) is 5. The molecule has 0 aromatic carbocycles. The standard InChI is InChI=1S/C12H10ClN5O2/c1-6-3-7-9(17(6)2)10(16-12(13)15-7)18-4-8(11(19)20)14-5-18/h3-5H,1-2H3,(H,19,20). The van der Waals surface area contributed by atoms with Crippen LogP contribution < -0.4 is 0 Å². The molecule has 0 fully saturated rings. The lowest BCUT2D eigenvalue weighted by atomic mass is 10.4. The molecule has 7 nitrogen and oxygen atoms in total. The van der Waals surface area contributed by atoms with Gasteiger partial charge in [0.1, 0.15) is 11.8 Å². The molecule has 3 heterocycles. The molecule has 3 aromatic heterocycles. The van der Waals surface area contributed by atoms with Crippen LogP contribution in [-0.2, 0) is 7.05 Å². The first-order valence-corrected chi connectivity index (χ1v) is 6.12. The molecule has 0 bridgehead atoms. The van der Waals surface area contributed by atoms with Gasteiger partial charge in [0.05, 0.1) is 5.52 Å². The van der Waals surface area contributed by atoms with Crippen molar-refractivity contribution < 1.29 is 9.90 Å². The Labute approximate surface area is 118 Å². The minimum Gasteiger partial charge on any atom is -0.476 e. The first-order chi connectivity index (χ1) is 9.47. The summed E-state index contributed by atoms with van der Waals surface area (Å²) in [6.45, 7) is 1.94. The van der Waals surface area contributed by atoms with Crippen molar-refractivity contribution in [2.45, 2.75) is 6.92 Å². The Morgan fingerprint density at radius 3 is 2.80 bits per heavy atom. The van der Waals surface area contributed by atoms with Crippen molar-refractivity contribution in [2.75, 3.05) is 0 Å². The molecule has 3 aromatic rings. The van der Waals surface area contributed by atoms with Gasteiger partial charge in [0.2, 0.25) is 5.28 Å². The molecule has 0 aliphatic rings. The van der Waals surface area contributed by atoms with Crippen LogP contribution in [0.3, 0.4) is 0 Å². The molecule has 0 amide bonds. The lowest BCUT2D eigenvalue weighted by Crippen LogP contribution is -2.02. The van der Waals surface area contributed by atoms with E-state index < -0.39 is 5.97 Å². The highest BCUT2D eigenvalue weighted by atomic mass is 35.5. The molecule has 0 radical (unpaired) electrons. The molecular formula is C12H10ClN5O2. The van der Waals surface area contributed by atoms with Gasteiger partial charge in [0.25, 0.3) is 0 Å². The number of aromatic nitrogens is 5. The van der Waals surface area contributed by atoms with Crippen molar-refractivity contribution in [3.8, 4) is 5.82 Å². The maximum atomic E-state index is 10.9. The average Bonchev–Trinajstić information content (AvgIpc) is 2.95. The van der Waals surface area contributed by atoms with E-state index in [0.29, 0.717) is 11.3 Å². The molecule has 0 saturated carbocycles. The van der Waals surface area contributed by atoms with Crippen molar-refractivity contribution >= 4 is 28.6 Å². The molecule has 20 heavy (non-hydrogen) atoms. The SMILES string of the molecule is Cc1cc2nc(Cl)nc(-n3cnc(C(=O)O)c3)c2n1C. The summed E-state index contributed by atoms with van der Waals surface area (Å²) in [5.74, 6) is -0.598. The molecular weight excluding hydrogens is 282 g/mol. The number of aryl methyl sites for hydroxylation is 2. The van der Waals surface area contributed by atoms with E-state index in [9.17, 15) is 4.79 Å². The Morgan fingerprint density at radius 1 is 1.40 bits per heavy atom. The molecule has 0 atom stereocenters. The van der Waals surface area contributed by atoms with E-state index in [-0.39, 0.29) is 11.0 Å². The summed E-state index contributed by atoms with van der Waals surface area (Å²) < 4.78 is 3.44. The lowest BCUT2D eigenvalue weighted by Gasteiger charge is -2.06. The number of hydrogen-bond acceptors (Lipinski definition) is 4. The Bertz CT molecular complexity index is 836. The third-order valence-electron chi connectivity index (χ3n) is 3.12. The van der Waals surface area contributed by atoms with Crippen LogP contribution in [0.2, 0.25) is 5.28 Å². The van der Waals surface area contributed by atoms with Crippen LogP contribution in [0.25, 0.3) is 16.9 Å². The Morgan fingerprint density at radius 2 is 2.15 bits per heavy atom. The molecule has 1 N–H and O–H groups in total. The number of imidazole rings is 1.